The van der Waals surface area contributed by atoms with Crippen LogP contribution >= 0.6 is 0 Å². The second-order valence-corrected chi connectivity index (χ2v) is 8.02. The van der Waals surface area contributed by atoms with Crippen LogP contribution in [0.5, 0.6) is 0 Å². The molecule has 4 aromatic rings. The summed E-state index contributed by atoms with van der Waals surface area (Å²) < 4.78 is 19.5. The quantitative estimate of drug-likeness (QED) is 0.447. The Morgan fingerprint density at radius 2 is 1.94 bits per heavy atom. The van der Waals surface area contributed by atoms with Crippen molar-refractivity contribution in [3.8, 4) is 11.3 Å². The molecule has 1 fully saturated rings. The lowest BCUT2D eigenvalue weighted by molar-refractivity contribution is 0.0564. The van der Waals surface area contributed by atoms with Crippen LogP contribution in [-0.4, -0.2) is 37.3 Å². The Hall–Kier alpha value is -3.94. The van der Waals surface area contributed by atoms with Gasteiger partial charge in [-0.05, 0) is 49.1 Å². The van der Waals surface area contributed by atoms with Gasteiger partial charge in [0.2, 0.25) is 5.89 Å². The van der Waals surface area contributed by atoms with Gasteiger partial charge in [-0.25, -0.2) is 24.3 Å². The van der Waals surface area contributed by atoms with Crippen LogP contribution in [0.1, 0.15) is 53.0 Å². The molecule has 1 amide bonds. The summed E-state index contributed by atoms with van der Waals surface area (Å²) in [6.45, 7) is 0.603. The van der Waals surface area contributed by atoms with Gasteiger partial charge >= 0.3 is 0 Å². The number of amides is 1. The number of hydrogen-bond acceptors (Lipinski definition) is 6. The summed E-state index contributed by atoms with van der Waals surface area (Å²) >= 11 is 0. The molecule has 3 aromatic heterocycles. The molecule has 1 aliphatic heterocycles. The molecule has 1 aliphatic rings. The molecule has 0 N–H and O–H groups in total. The highest BCUT2D eigenvalue weighted by atomic mass is 19.1. The smallest absolute Gasteiger partial charge is 0.273 e. The number of aromatic nitrogens is 4. The third-order valence-corrected chi connectivity index (χ3v) is 5.71. The first-order chi connectivity index (χ1) is 16.2. The summed E-state index contributed by atoms with van der Waals surface area (Å²) in [5, 5.41) is 0. The number of carbonyl (C=O) groups is 1. The van der Waals surface area contributed by atoms with Crippen molar-refractivity contribution in [2.45, 2.75) is 31.7 Å². The minimum Gasteiger partial charge on any atom is -0.443 e. The first-order valence-electron chi connectivity index (χ1n) is 10.9. The topological polar surface area (TPSA) is 85.0 Å². The Balaban J connectivity index is 1.37. The van der Waals surface area contributed by atoms with Gasteiger partial charge in [0.25, 0.3) is 5.91 Å². The molecule has 0 aliphatic carbocycles. The van der Waals surface area contributed by atoms with Crippen molar-refractivity contribution in [2.75, 3.05) is 6.54 Å². The van der Waals surface area contributed by atoms with E-state index in [-0.39, 0.29) is 17.8 Å². The van der Waals surface area contributed by atoms with Gasteiger partial charge in [-0.2, -0.15) is 0 Å². The van der Waals surface area contributed by atoms with Gasteiger partial charge in [0.15, 0.2) is 0 Å². The third kappa shape index (κ3) is 4.64. The number of hydrogen-bond donors (Lipinski definition) is 0. The highest BCUT2D eigenvalue weighted by Gasteiger charge is 2.32. The molecule has 8 heteroatoms. The average molecular weight is 443 g/mol. The van der Waals surface area contributed by atoms with Crippen LogP contribution in [0.15, 0.2) is 71.8 Å². The number of carbonyl (C=O) groups excluding carboxylic acids is 1. The summed E-state index contributed by atoms with van der Waals surface area (Å²) in [5.41, 5.74) is 2.55. The van der Waals surface area contributed by atoms with Crippen molar-refractivity contribution >= 4 is 5.91 Å². The van der Waals surface area contributed by atoms with Crippen LogP contribution in [0.3, 0.4) is 0 Å². The Kier molecular flexibility index (Phi) is 5.89. The molecule has 7 nitrogen and oxygen atoms in total. The second-order valence-electron chi connectivity index (χ2n) is 8.02. The van der Waals surface area contributed by atoms with E-state index in [1.807, 2.05) is 18.2 Å². The first kappa shape index (κ1) is 20.9. The van der Waals surface area contributed by atoms with E-state index in [2.05, 4.69) is 19.9 Å². The predicted molar refractivity (Wildman–Crippen MR) is 119 cm³/mol. The van der Waals surface area contributed by atoms with E-state index in [9.17, 15) is 9.18 Å². The lowest BCUT2D eigenvalue weighted by Gasteiger charge is -2.33. The first-order valence-corrected chi connectivity index (χ1v) is 10.9. The van der Waals surface area contributed by atoms with Crippen molar-refractivity contribution in [1.82, 2.24) is 24.8 Å². The zero-order chi connectivity index (χ0) is 22.6. The normalized spacial score (nSPS) is 16.0. The predicted octanol–water partition coefficient (Wildman–Crippen LogP) is 4.62. The largest absolute Gasteiger partial charge is 0.443 e. The van der Waals surface area contributed by atoms with E-state index < -0.39 is 0 Å². The molecule has 33 heavy (non-hydrogen) atoms. The molecule has 1 atom stereocenters. The van der Waals surface area contributed by atoms with Crippen molar-refractivity contribution < 1.29 is 13.6 Å². The number of rotatable bonds is 5. The fourth-order valence-electron chi connectivity index (χ4n) is 4.13. The number of likely N-dealkylation sites (tertiary alicyclic amines) is 1. The summed E-state index contributed by atoms with van der Waals surface area (Å²) in [4.78, 5) is 32.3. The molecule has 5 rings (SSSR count). The van der Waals surface area contributed by atoms with Gasteiger partial charge < -0.3 is 9.32 Å². The molecule has 1 aromatic carbocycles. The standard InChI is InChI=1S/C25H22FN5O2/c26-19-6-3-5-17(11-19)12-20-15-29-24(33-20)23-9-1-2-10-31(23)25(32)22-8-4-7-21(30-22)18-13-27-16-28-14-18/h3-8,11,13-16,23H,1-2,9-10,12H2. The number of piperidine rings is 1. The van der Waals surface area contributed by atoms with E-state index in [0.29, 0.717) is 36.0 Å². The second kappa shape index (κ2) is 9.28. The third-order valence-electron chi connectivity index (χ3n) is 5.71. The van der Waals surface area contributed by atoms with Crippen molar-refractivity contribution in [3.63, 3.8) is 0 Å². The number of pyridine rings is 1. The van der Waals surface area contributed by atoms with E-state index in [0.717, 1.165) is 30.4 Å². The Morgan fingerprint density at radius 1 is 1.09 bits per heavy atom. The van der Waals surface area contributed by atoms with E-state index in [4.69, 9.17) is 4.42 Å². The maximum absolute atomic E-state index is 13.5. The van der Waals surface area contributed by atoms with Crippen LogP contribution in [0.4, 0.5) is 4.39 Å². The van der Waals surface area contributed by atoms with Crippen LogP contribution < -0.4 is 0 Å². The monoisotopic (exact) mass is 443 g/mol. The molecule has 0 radical (unpaired) electrons. The minimum atomic E-state index is -0.284. The SMILES string of the molecule is O=C(c1cccc(-c2cncnc2)n1)N1CCCCC1c1ncc(Cc2cccc(F)c2)o1. The molecule has 166 valence electrons. The minimum absolute atomic E-state index is 0.164. The number of nitrogens with zero attached hydrogens (tertiary/aromatic N) is 5. The molecule has 0 saturated carbocycles. The lowest BCUT2D eigenvalue weighted by Crippen LogP contribution is -2.39. The molecule has 4 heterocycles. The molecular weight excluding hydrogens is 421 g/mol. The van der Waals surface area contributed by atoms with Crippen LogP contribution in [-0.2, 0) is 6.42 Å². The maximum atomic E-state index is 13.5. The van der Waals surface area contributed by atoms with E-state index in [1.54, 1.807) is 35.6 Å². The van der Waals surface area contributed by atoms with E-state index in [1.165, 1.54) is 18.5 Å². The Labute approximate surface area is 190 Å². The van der Waals surface area contributed by atoms with Crippen molar-refractivity contribution in [3.05, 3.63) is 96.1 Å². The Morgan fingerprint density at radius 3 is 2.79 bits per heavy atom. The van der Waals surface area contributed by atoms with Crippen molar-refractivity contribution in [2.24, 2.45) is 0 Å². The van der Waals surface area contributed by atoms with Gasteiger partial charge in [-0.1, -0.05) is 18.2 Å². The number of oxazole rings is 1. The number of halogens is 1. The highest BCUT2D eigenvalue weighted by molar-refractivity contribution is 5.93. The molecule has 1 saturated heterocycles. The maximum Gasteiger partial charge on any atom is 0.273 e. The van der Waals surface area contributed by atoms with Crippen LogP contribution in [0.2, 0.25) is 0 Å². The van der Waals surface area contributed by atoms with Crippen molar-refractivity contribution in [1.29, 1.82) is 0 Å². The number of benzene rings is 1. The van der Waals surface area contributed by atoms with Gasteiger partial charge in [0, 0.05) is 30.9 Å². The molecule has 1 unspecified atom stereocenters. The molecule has 0 bridgehead atoms. The zero-order valence-corrected chi connectivity index (χ0v) is 17.9. The Bertz CT molecular complexity index is 1260. The summed E-state index contributed by atoms with van der Waals surface area (Å²) in [5.74, 6) is 0.691. The van der Waals surface area contributed by atoms with Gasteiger partial charge in [0.1, 0.15) is 29.6 Å². The lowest BCUT2D eigenvalue weighted by atomic mass is 10.0. The molecular formula is C25H22FN5O2. The fourth-order valence-corrected chi connectivity index (χ4v) is 4.13. The van der Waals surface area contributed by atoms with Crippen LogP contribution in [0, 0.1) is 5.82 Å². The van der Waals surface area contributed by atoms with Gasteiger partial charge in [-0.15, -0.1) is 0 Å². The zero-order valence-electron chi connectivity index (χ0n) is 17.9. The highest BCUT2D eigenvalue weighted by Crippen LogP contribution is 2.32. The van der Waals surface area contributed by atoms with Gasteiger partial charge in [0.05, 0.1) is 11.9 Å². The summed E-state index contributed by atoms with van der Waals surface area (Å²) in [7, 11) is 0. The summed E-state index contributed by atoms with van der Waals surface area (Å²) in [6.07, 6.45) is 9.53. The van der Waals surface area contributed by atoms with E-state index >= 15 is 0 Å². The van der Waals surface area contributed by atoms with Gasteiger partial charge in [-0.3, -0.25) is 4.79 Å². The fraction of sp³-hybridized carbons (Fsp3) is 0.240. The summed E-state index contributed by atoms with van der Waals surface area (Å²) in [6, 6.07) is 11.5. The molecule has 0 spiro atoms. The average Bonchev–Trinajstić information content (AvgIpc) is 3.32. The van der Waals surface area contributed by atoms with Crippen LogP contribution in [0.25, 0.3) is 11.3 Å².